The average Bonchev–Trinajstić information content (AvgIpc) is 2.41. The lowest BCUT2D eigenvalue weighted by atomic mass is 10.1. The molecular formula is C15H14ClF2N. The van der Waals surface area contributed by atoms with Crippen LogP contribution >= 0.6 is 11.6 Å². The zero-order valence-electron chi connectivity index (χ0n) is 10.5. The molecule has 0 atom stereocenters. The molecule has 0 saturated heterocycles. The van der Waals surface area contributed by atoms with Crippen LogP contribution < -0.4 is 5.32 Å². The molecule has 0 aromatic heterocycles. The highest BCUT2D eigenvalue weighted by atomic mass is 35.5. The lowest BCUT2D eigenvalue weighted by Crippen LogP contribution is -2.24. The number of anilines is 1. The zero-order chi connectivity index (χ0) is 13.9. The van der Waals surface area contributed by atoms with Gasteiger partial charge in [0, 0.05) is 16.3 Å². The van der Waals surface area contributed by atoms with E-state index in [2.05, 4.69) is 5.32 Å². The van der Waals surface area contributed by atoms with Crippen molar-refractivity contribution in [3.8, 4) is 0 Å². The molecule has 0 spiro atoms. The van der Waals surface area contributed by atoms with Crippen molar-refractivity contribution in [2.24, 2.45) is 0 Å². The summed E-state index contributed by atoms with van der Waals surface area (Å²) in [4.78, 5) is 0. The molecule has 0 saturated carbocycles. The summed E-state index contributed by atoms with van der Waals surface area (Å²) >= 11 is 5.95. The van der Waals surface area contributed by atoms with E-state index in [0.717, 1.165) is 5.56 Å². The second kappa shape index (κ2) is 5.57. The molecule has 0 fully saturated rings. The third kappa shape index (κ3) is 3.24. The average molecular weight is 282 g/mol. The molecule has 0 bridgehead atoms. The van der Waals surface area contributed by atoms with Crippen LogP contribution in [-0.4, -0.2) is 6.54 Å². The van der Waals surface area contributed by atoms with Crippen LogP contribution in [0.2, 0.25) is 5.02 Å². The smallest absolute Gasteiger partial charge is 0.290 e. The van der Waals surface area contributed by atoms with Crippen molar-refractivity contribution >= 4 is 17.3 Å². The van der Waals surface area contributed by atoms with Gasteiger partial charge in [0.2, 0.25) is 0 Å². The molecule has 1 nitrogen and oxygen atoms in total. The molecule has 0 amide bonds. The van der Waals surface area contributed by atoms with E-state index in [1.165, 1.54) is 12.1 Å². The van der Waals surface area contributed by atoms with Crippen molar-refractivity contribution < 1.29 is 8.78 Å². The van der Waals surface area contributed by atoms with Crippen LogP contribution in [0.15, 0.2) is 48.5 Å². The first kappa shape index (κ1) is 13.8. The van der Waals surface area contributed by atoms with E-state index in [-0.39, 0.29) is 5.56 Å². The molecule has 2 rings (SSSR count). The van der Waals surface area contributed by atoms with Gasteiger partial charge in [0.25, 0.3) is 5.92 Å². The predicted octanol–water partition coefficient (Wildman–Crippen LogP) is 4.85. The fourth-order valence-corrected chi connectivity index (χ4v) is 1.96. The monoisotopic (exact) mass is 281 g/mol. The zero-order valence-corrected chi connectivity index (χ0v) is 11.2. The first-order valence-corrected chi connectivity index (χ1v) is 6.31. The van der Waals surface area contributed by atoms with Crippen LogP contribution in [0.5, 0.6) is 0 Å². The first-order valence-electron chi connectivity index (χ1n) is 5.93. The number of nitrogens with one attached hydrogen (secondary N) is 1. The molecule has 0 unspecified atom stereocenters. The molecule has 0 radical (unpaired) electrons. The molecule has 100 valence electrons. The van der Waals surface area contributed by atoms with Gasteiger partial charge < -0.3 is 5.32 Å². The van der Waals surface area contributed by atoms with E-state index < -0.39 is 12.5 Å². The van der Waals surface area contributed by atoms with Gasteiger partial charge in [0.1, 0.15) is 0 Å². The fraction of sp³-hybridized carbons (Fsp3) is 0.200. The van der Waals surface area contributed by atoms with E-state index in [1.807, 2.05) is 0 Å². The maximum absolute atomic E-state index is 14.0. The number of rotatable bonds is 4. The lowest BCUT2D eigenvalue weighted by molar-refractivity contribution is 0.0106. The first-order chi connectivity index (χ1) is 9.00. The minimum Gasteiger partial charge on any atom is -0.378 e. The van der Waals surface area contributed by atoms with Crippen molar-refractivity contribution in [2.45, 2.75) is 12.8 Å². The van der Waals surface area contributed by atoms with E-state index in [4.69, 9.17) is 11.6 Å². The SMILES string of the molecule is Cc1c(Cl)cccc1NCC(F)(F)c1ccccc1. The molecule has 0 aliphatic rings. The summed E-state index contributed by atoms with van der Waals surface area (Å²) in [6.07, 6.45) is 0. The Hall–Kier alpha value is -1.61. The molecule has 2 aromatic rings. The maximum atomic E-state index is 14.0. The number of alkyl halides is 2. The molecular weight excluding hydrogens is 268 g/mol. The second-order valence-electron chi connectivity index (χ2n) is 4.34. The molecule has 0 heterocycles. The predicted molar refractivity (Wildman–Crippen MR) is 75.0 cm³/mol. The van der Waals surface area contributed by atoms with Gasteiger partial charge in [-0.25, -0.2) is 0 Å². The Morgan fingerprint density at radius 2 is 1.74 bits per heavy atom. The summed E-state index contributed by atoms with van der Waals surface area (Å²) in [5.74, 6) is -2.92. The number of hydrogen-bond donors (Lipinski definition) is 1. The van der Waals surface area contributed by atoms with Gasteiger partial charge >= 0.3 is 0 Å². The Morgan fingerprint density at radius 1 is 1.05 bits per heavy atom. The minimum absolute atomic E-state index is 0.00202. The summed E-state index contributed by atoms with van der Waals surface area (Å²) in [6.45, 7) is 1.34. The normalized spacial score (nSPS) is 11.4. The minimum atomic E-state index is -2.92. The van der Waals surface area contributed by atoms with Crippen LogP contribution in [0.25, 0.3) is 0 Å². The van der Waals surface area contributed by atoms with Crippen LogP contribution in [0.3, 0.4) is 0 Å². The molecule has 0 aliphatic heterocycles. The maximum Gasteiger partial charge on any atom is 0.290 e. The number of hydrogen-bond acceptors (Lipinski definition) is 1. The molecule has 4 heteroatoms. The molecule has 2 aromatic carbocycles. The van der Waals surface area contributed by atoms with E-state index in [9.17, 15) is 8.78 Å². The molecule has 0 aliphatic carbocycles. The summed E-state index contributed by atoms with van der Waals surface area (Å²) < 4.78 is 28.0. The highest BCUT2D eigenvalue weighted by Crippen LogP contribution is 2.29. The van der Waals surface area contributed by atoms with Crippen LogP contribution in [0.1, 0.15) is 11.1 Å². The highest BCUT2D eigenvalue weighted by Gasteiger charge is 2.31. The topological polar surface area (TPSA) is 12.0 Å². The van der Waals surface area contributed by atoms with Crippen molar-refractivity contribution in [3.63, 3.8) is 0 Å². The Labute approximate surface area is 116 Å². The van der Waals surface area contributed by atoms with E-state index >= 15 is 0 Å². The van der Waals surface area contributed by atoms with Gasteiger partial charge in [-0.3, -0.25) is 0 Å². The standard InChI is InChI=1S/C15H14ClF2N/c1-11-13(16)8-5-9-14(11)19-10-15(17,18)12-6-3-2-4-7-12/h2-9,19H,10H2,1H3. The van der Waals surface area contributed by atoms with Crippen molar-refractivity contribution in [1.29, 1.82) is 0 Å². The van der Waals surface area contributed by atoms with Crippen molar-refractivity contribution in [3.05, 3.63) is 64.7 Å². The van der Waals surface area contributed by atoms with Gasteiger partial charge in [-0.15, -0.1) is 0 Å². The number of halogens is 3. The van der Waals surface area contributed by atoms with Gasteiger partial charge in [-0.1, -0.05) is 48.0 Å². The summed E-state index contributed by atoms with van der Waals surface area (Å²) in [6, 6.07) is 13.0. The lowest BCUT2D eigenvalue weighted by Gasteiger charge is -2.19. The fourth-order valence-electron chi connectivity index (χ4n) is 1.79. The summed E-state index contributed by atoms with van der Waals surface area (Å²) in [5, 5.41) is 3.32. The van der Waals surface area contributed by atoms with E-state index in [1.54, 1.807) is 43.3 Å². The van der Waals surface area contributed by atoms with Gasteiger partial charge in [-0.2, -0.15) is 8.78 Å². The third-order valence-corrected chi connectivity index (χ3v) is 3.37. The Morgan fingerprint density at radius 3 is 2.42 bits per heavy atom. The van der Waals surface area contributed by atoms with Gasteiger partial charge in [0.05, 0.1) is 6.54 Å². The van der Waals surface area contributed by atoms with Gasteiger partial charge in [0.15, 0.2) is 0 Å². The third-order valence-electron chi connectivity index (χ3n) is 2.96. The highest BCUT2D eigenvalue weighted by molar-refractivity contribution is 6.31. The Balaban J connectivity index is 2.12. The largest absolute Gasteiger partial charge is 0.378 e. The van der Waals surface area contributed by atoms with Crippen LogP contribution in [0.4, 0.5) is 14.5 Å². The Kier molecular flexibility index (Phi) is 4.05. The van der Waals surface area contributed by atoms with Crippen LogP contribution in [-0.2, 0) is 5.92 Å². The number of benzene rings is 2. The summed E-state index contributed by atoms with van der Waals surface area (Å²) in [5.41, 5.74) is 1.40. The van der Waals surface area contributed by atoms with Crippen LogP contribution in [0, 0.1) is 6.92 Å². The Bertz CT molecular complexity index is 555. The van der Waals surface area contributed by atoms with E-state index in [0.29, 0.717) is 10.7 Å². The second-order valence-corrected chi connectivity index (χ2v) is 4.74. The van der Waals surface area contributed by atoms with Crippen molar-refractivity contribution in [2.75, 3.05) is 11.9 Å². The van der Waals surface area contributed by atoms with Crippen molar-refractivity contribution in [1.82, 2.24) is 0 Å². The van der Waals surface area contributed by atoms with Gasteiger partial charge in [-0.05, 0) is 24.6 Å². The molecule has 1 N–H and O–H groups in total. The quantitative estimate of drug-likeness (QED) is 0.844. The molecule has 19 heavy (non-hydrogen) atoms. The summed E-state index contributed by atoms with van der Waals surface area (Å²) in [7, 11) is 0.